The summed E-state index contributed by atoms with van der Waals surface area (Å²) in [5, 5.41) is 4.90. The van der Waals surface area contributed by atoms with Crippen LogP contribution >= 0.6 is 0 Å². The molecule has 1 aromatic heterocycles. The molecule has 0 atom stereocenters. The highest BCUT2D eigenvalue weighted by Crippen LogP contribution is 2.19. The average Bonchev–Trinajstić information content (AvgIpc) is 2.54. The number of hydrogen-bond donors (Lipinski definition) is 2. The van der Waals surface area contributed by atoms with E-state index in [0.717, 1.165) is 0 Å². The van der Waals surface area contributed by atoms with E-state index >= 15 is 0 Å². The molecule has 0 bridgehead atoms. The number of anilines is 3. The highest BCUT2D eigenvalue weighted by Gasteiger charge is 2.14. The van der Waals surface area contributed by atoms with Crippen molar-refractivity contribution in [1.29, 1.82) is 0 Å². The lowest BCUT2D eigenvalue weighted by molar-refractivity contribution is 0.167. The van der Waals surface area contributed by atoms with Gasteiger partial charge in [0.2, 0.25) is 5.95 Å². The molecule has 1 heterocycles. The van der Waals surface area contributed by atoms with Gasteiger partial charge in [0, 0.05) is 19.2 Å². The molecule has 0 aromatic carbocycles. The molecule has 2 amide bonds. The predicted octanol–water partition coefficient (Wildman–Crippen LogP) is 2.79. The zero-order chi connectivity index (χ0) is 18.7. The molecule has 25 heavy (non-hydrogen) atoms. The quantitative estimate of drug-likeness (QED) is 0.660. The van der Waals surface area contributed by atoms with Gasteiger partial charge in [-0.1, -0.05) is 12.2 Å². The minimum Gasteiger partial charge on any atom is -0.450 e. The number of rotatable bonds is 9. The Hall–Kier alpha value is -3.10. The van der Waals surface area contributed by atoms with Crippen molar-refractivity contribution >= 4 is 29.8 Å². The first-order chi connectivity index (χ1) is 12.0. The maximum absolute atomic E-state index is 11.6. The fourth-order valence-electron chi connectivity index (χ4n) is 1.82. The molecule has 2 N–H and O–H groups in total. The molecule has 0 radical (unpaired) electrons. The third-order valence-electron chi connectivity index (χ3n) is 2.73. The van der Waals surface area contributed by atoms with Crippen LogP contribution in [0.4, 0.5) is 27.2 Å². The number of aromatic nitrogens is 2. The molecule has 0 spiro atoms. The van der Waals surface area contributed by atoms with Crippen molar-refractivity contribution in [1.82, 2.24) is 9.97 Å². The first-order valence-corrected chi connectivity index (χ1v) is 7.77. The summed E-state index contributed by atoms with van der Waals surface area (Å²) in [5.74, 6) is 0.627. The predicted molar refractivity (Wildman–Crippen MR) is 95.9 cm³/mol. The number of amides is 2. The van der Waals surface area contributed by atoms with Crippen molar-refractivity contribution in [2.24, 2.45) is 0 Å². The number of carbonyl (C=O) groups is 2. The lowest BCUT2D eigenvalue weighted by Gasteiger charge is -2.21. The summed E-state index contributed by atoms with van der Waals surface area (Å²) >= 11 is 0. The second kappa shape index (κ2) is 10.6. The van der Waals surface area contributed by atoms with Gasteiger partial charge in [0.25, 0.3) is 0 Å². The molecule has 0 saturated heterocycles. The first kappa shape index (κ1) is 19.9. The van der Waals surface area contributed by atoms with E-state index in [0.29, 0.717) is 18.9 Å². The Balaban J connectivity index is 3.15. The van der Waals surface area contributed by atoms with Crippen LogP contribution in [0.25, 0.3) is 0 Å². The van der Waals surface area contributed by atoms with Gasteiger partial charge in [0.15, 0.2) is 0 Å². The molecule has 0 fully saturated rings. The third-order valence-corrected chi connectivity index (χ3v) is 2.73. The van der Waals surface area contributed by atoms with Gasteiger partial charge in [-0.05, 0) is 13.8 Å². The molecular weight excluding hydrogens is 326 g/mol. The van der Waals surface area contributed by atoms with Crippen molar-refractivity contribution in [2.75, 3.05) is 41.8 Å². The molecule has 9 heteroatoms. The topological polar surface area (TPSA) is 106 Å². The monoisotopic (exact) mass is 349 g/mol. The van der Waals surface area contributed by atoms with Gasteiger partial charge < -0.3 is 14.4 Å². The van der Waals surface area contributed by atoms with Crippen LogP contribution < -0.4 is 15.5 Å². The zero-order valence-corrected chi connectivity index (χ0v) is 14.4. The van der Waals surface area contributed by atoms with E-state index in [1.165, 1.54) is 0 Å². The fraction of sp³-hybridized carbons (Fsp3) is 0.375. The molecule has 0 aliphatic heterocycles. The molecule has 0 aliphatic rings. The van der Waals surface area contributed by atoms with E-state index in [9.17, 15) is 9.59 Å². The van der Waals surface area contributed by atoms with Gasteiger partial charge in [-0.2, -0.15) is 9.97 Å². The molecule has 1 aromatic rings. The van der Waals surface area contributed by atoms with Crippen LogP contribution in [0.5, 0.6) is 0 Å². The van der Waals surface area contributed by atoms with Crippen LogP contribution in [0.3, 0.4) is 0 Å². The van der Waals surface area contributed by atoms with Gasteiger partial charge in [0.1, 0.15) is 11.6 Å². The summed E-state index contributed by atoms with van der Waals surface area (Å²) in [4.78, 5) is 33.4. The molecule has 1 rings (SSSR count). The number of carbonyl (C=O) groups excluding carboxylic acids is 2. The summed E-state index contributed by atoms with van der Waals surface area (Å²) in [6.45, 7) is 12.2. The van der Waals surface area contributed by atoms with Crippen molar-refractivity contribution in [3.63, 3.8) is 0 Å². The third kappa shape index (κ3) is 6.90. The van der Waals surface area contributed by atoms with E-state index in [1.807, 2.05) is 4.90 Å². The summed E-state index contributed by atoms with van der Waals surface area (Å²) in [6.07, 6.45) is 2.04. The van der Waals surface area contributed by atoms with Crippen LogP contribution in [0.1, 0.15) is 13.8 Å². The van der Waals surface area contributed by atoms with Crippen molar-refractivity contribution < 1.29 is 19.1 Å². The van der Waals surface area contributed by atoms with E-state index in [-0.39, 0.29) is 25.0 Å². The summed E-state index contributed by atoms with van der Waals surface area (Å²) in [7, 11) is 0. The SMILES string of the molecule is C=CCN(CC=C)c1cc(NC(=O)OCC)nc(NC(=O)OCC)n1. The number of nitrogens with one attached hydrogen (secondary N) is 2. The molecule has 0 saturated carbocycles. The Bertz CT molecular complexity index is 572. The smallest absolute Gasteiger partial charge is 0.414 e. The van der Waals surface area contributed by atoms with Crippen LogP contribution in [0.2, 0.25) is 0 Å². The van der Waals surface area contributed by atoms with E-state index in [1.54, 1.807) is 32.1 Å². The van der Waals surface area contributed by atoms with Crippen LogP contribution in [0, 0.1) is 0 Å². The molecule has 9 nitrogen and oxygen atoms in total. The van der Waals surface area contributed by atoms with Crippen molar-refractivity contribution in [3.05, 3.63) is 31.4 Å². The second-order valence-electron chi connectivity index (χ2n) is 4.61. The van der Waals surface area contributed by atoms with Gasteiger partial charge in [-0.15, -0.1) is 13.2 Å². The second-order valence-corrected chi connectivity index (χ2v) is 4.61. The minimum absolute atomic E-state index is 0.0131. The lowest BCUT2D eigenvalue weighted by Crippen LogP contribution is -2.26. The van der Waals surface area contributed by atoms with Crippen molar-refractivity contribution in [3.8, 4) is 0 Å². The normalized spacial score (nSPS) is 9.68. The zero-order valence-electron chi connectivity index (χ0n) is 14.4. The molecule has 136 valence electrons. The summed E-state index contributed by atoms with van der Waals surface area (Å²) in [5.41, 5.74) is 0. The van der Waals surface area contributed by atoms with E-state index < -0.39 is 12.2 Å². The highest BCUT2D eigenvalue weighted by molar-refractivity contribution is 5.86. The Morgan fingerprint density at radius 3 is 2.16 bits per heavy atom. The Kier molecular flexibility index (Phi) is 8.48. The van der Waals surface area contributed by atoms with Crippen LogP contribution in [0.15, 0.2) is 31.4 Å². The average molecular weight is 349 g/mol. The maximum atomic E-state index is 11.6. The minimum atomic E-state index is -0.694. The highest BCUT2D eigenvalue weighted by atomic mass is 16.6. The lowest BCUT2D eigenvalue weighted by atomic mass is 10.4. The van der Waals surface area contributed by atoms with Crippen molar-refractivity contribution in [2.45, 2.75) is 13.8 Å². The van der Waals surface area contributed by atoms with Crippen LogP contribution in [-0.2, 0) is 9.47 Å². The molecular formula is C16H23N5O4. The summed E-state index contributed by atoms with van der Waals surface area (Å²) < 4.78 is 9.64. The Labute approximate surface area is 146 Å². The van der Waals surface area contributed by atoms with E-state index in [4.69, 9.17) is 9.47 Å². The van der Waals surface area contributed by atoms with Gasteiger partial charge in [0.05, 0.1) is 13.2 Å². The molecule has 0 unspecified atom stereocenters. The largest absolute Gasteiger partial charge is 0.450 e. The number of nitrogens with zero attached hydrogens (tertiary/aromatic N) is 3. The van der Waals surface area contributed by atoms with Gasteiger partial charge in [-0.3, -0.25) is 10.6 Å². The first-order valence-electron chi connectivity index (χ1n) is 7.77. The van der Waals surface area contributed by atoms with E-state index in [2.05, 4.69) is 33.8 Å². The Morgan fingerprint density at radius 1 is 1.08 bits per heavy atom. The number of hydrogen-bond acceptors (Lipinski definition) is 7. The van der Waals surface area contributed by atoms with Crippen LogP contribution in [-0.4, -0.2) is 48.5 Å². The number of ether oxygens (including phenoxy) is 2. The van der Waals surface area contributed by atoms with Gasteiger partial charge in [-0.25, -0.2) is 9.59 Å². The molecule has 0 aliphatic carbocycles. The summed E-state index contributed by atoms with van der Waals surface area (Å²) in [6, 6.07) is 1.56. The van der Waals surface area contributed by atoms with Gasteiger partial charge >= 0.3 is 12.2 Å². The standard InChI is InChI=1S/C16H23N5O4/c1-5-9-21(10-6-2)13-11-12(18-15(22)24-7-3)17-14(19-13)20-16(23)25-8-4/h5-6,11H,1-2,7-10H2,3-4H3,(H2,17,18,19,20,22,23). The Morgan fingerprint density at radius 2 is 1.64 bits per heavy atom. The maximum Gasteiger partial charge on any atom is 0.414 e. The fourth-order valence-corrected chi connectivity index (χ4v) is 1.82.